The molecule has 0 bridgehead atoms. The highest BCUT2D eigenvalue weighted by Crippen LogP contribution is 2.30. The van der Waals surface area contributed by atoms with E-state index in [0.717, 1.165) is 16.5 Å². The maximum atomic E-state index is 13.6. The van der Waals surface area contributed by atoms with Gasteiger partial charge in [-0.15, -0.1) is 0 Å². The number of hydrogen-bond donors (Lipinski definition) is 2. The van der Waals surface area contributed by atoms with E-state index in [9.17, 15) is 23.1 Å². The molecule has 2 N–H and O–H groups in total. The van der Waals surface area contributed by atoms with Gasteiger partial charge in [-0.3, -0.25) is 9.59 Å². The maximum absolute atomic E-state index is 13.6. The number of carbonyl (C=O) groups excluding carboxylic acids is 2. The Morgan fingerprint density at radius 3 is 2.56 bits per heavy atom. The fraction of sp³-hybridized carbons (Fsp3) is 0.353. The number of ether oxygens (including phenoxy) is 1. The summed E-state index contributed by atoms with van der Waals surface area (Å²) in [5.41, 5.74) is 3.03. The summed E-state index contributed by atoms with van der Waals surface area (Å²) in [5, 5.41) is 13.9. The molecule has 1 aliphatic heterocycles. The van der Waals surface area contributed by atoms with Crippen molar-refractivity contribution in [2.24, 2.45) is 13.0 Å². The number of para-hydroxylation sites is 1. The van der Waals surface area contributed by atoms with Crippen molar-refractivity contribution < 1.29 is 27.9 Å². The number of nitrogens with zero attached hydrogens (tertiary/aromatic N) is 3. The maximum Gasteiger partial charge on any atom is 0.242 e. The van der Waals surface area contributed by atoms with Gasteiger partial charge in [-0.25, -0.2) is 8.42 Å². The molecule has 2 heterocycles. The number of likely N-dealkylation sites (N-methyl/N-ethyl adjacent to an activating group) is 1. The number of carbonyl (C=O) groups is 2. The van der Waals surface area contributed by atoms with Crippen molar-refractivity contribution in [2.45, 2.75) is 43.7 Å². The molecule has 0 saturated heterocycles. The molecular formula is C34H40N4O6S. The van der Waals surface area contributed by atoms with E-state index in [0.29, 0.717) is 17.0 Å². The number of sulfonamides is 1. The van der Waals surface area contributed by atoms with Crippen LogP contribution in [0.25, 0.3) is 10.9 Å². The van der Waals surface area contributed by atoms with Crippen LogP contribution in [0.2, 0.25) is 0 Å². The zero-order valence-electron chi connectivity index (χ0n) is 26.0. The number of aromatic nitrogens is 1. The Balaban J connectivity index is 1.41. The number of hydrogen-bond acceptors (Lipinski definition) is 6. The normalized spacial score (nSPS) is 18.1. The number of aliphatic hydroxyl groups excluding tert-OH is 1. The lowest BCUT2D eigenvalue weighted by atomic mass is 10.0. The van der Waals surface area contributed by atoms with Crippen molar-refractivity contribution in [1.82, 2.24) is 13.8 Å². The van der Waals surface area contributed by atoms with Crippen molar-refractivity contribution in [3.63, 3.8) is 0 Å². The van der Waals surface area contributed by atoms with Gasteiger partial charge in [0.1, 0.15) is 11.9 Å². The first kappa shape index (κ1) is 32.2. The van der Waals surface area contributed by atoms with Crippen LogP contribution in [0.1, 0.15) is 25.0 Å². The Kier molecular flexibility index (Phi) is 9.62. The predicted octanol–water partition coefficient (Wildman–Crippen LogP) is 3.83. The first-order valence-electron chi connectivity index (χ1n) is 15.0. The van der Waals surface area contributed by atoms with Crippen LogP contribution in [0, 0.1) is 5.92 Å². The van der Waals surface area contributed by atoms with Crippen LogP contribution in [0.5, 0.6) is 5.75 Å². The zero-order chi connectivity index (χ0) is 32.3. The smallest absolute Gasteiger partial charge is 0.242 e. The minimum Gasteiger partial charge on any atom is -0.488 e. The molecule has 1 aliphatic rings. The van der Waals surface area contributed by atoms with E-state index in [1.807, 2.05) is 49.0 Å². The Bertz CT molecular complexity index is 1790. The molecular weight excluding hydrogens is 592 g/mol. The third kappa shape index (κ3) is 7.06. The van der Waals surface area contributed by atoms with Crippen molar-refractivity contribution >= 4 is 38.4 Å². The number of nitrogens with one attached hydrogen (secondary N) is 1. The van der Waals surface area contributed by atoms with Crippen LogP contribution in [0.4, 0.5) is 5.69 Å². The fourth-order valence-electron chi connectivity index (χ4n) is 5.79. The van der Waals surface area contributed by atoms with Gasteiger partial charge in [0.05, 0.1) is 36.9 Å². The molecule has 5 rings (SSSR count). The van der Waals surface area contributed by atoms with Crippen LogP contribution in [0.15, 0.2) is 83.9 Å². The first-order chi connectivity index (χ1) is 21.5. The van der Waals surface area contributed by atoms with Crippen molar-refractivity contribution in [3.05, 3.63) is 90.1 Å². The summed E-state index contributed by atoms with van der Waals surface area (Å²) in [6, 6.07) is 20.8. The molecule has 238 valence electrons. The summed E-state index contributed by atoms with van der Waals surface area (Å²) in [5.74, 6) is -0.228. The number of benzene rings is 3. The van der Waals surface area contributed by atoms with E-state index in [-0.39, 0.29) is 55.2 Å². The Labute approximate surface area is 264 Å². The molecule has 4 aromatic rings. The molecule has 0 saturated carbocycles. The quantitative estimate of drug-likeness (QED) is 0.290. The SMILES string of the molecule is C[C@@H]1CN([C@@H](C)CO)C(=O)Cc2cc(NC(=O)Cc3cn(C)c4ccccc34)ccc2O[C@@H]1CN(C)S(=O)(=O)c1ccccc1. The summed E-state index contributed by atoms with van der Waals surface area (Å²) in [4.78, 5) is 28.5. The molecule has 3 aromatic carbocycles. The summed E-state index contributed by atoms with van der Waals surface area (Å²) in [6.07, 6.45) is 1.51. The lowest BCUT2D eigenvalue weighted by Gasteiger charge is -2.33. The van der Waals surface area contributed by atoms with Gasteiger partial charge in [-0.05, 0) is 48.9 Å². The molecule has 0 unspecified atom stereocenters. The van der Waals surface area contributed by atoms with E-state index in [4.69, 9.17) is 4.74 Å². The molecule has 10 nitrogen and oxygen atoms in total. The third-order valence-electron chi connectivity index (χ3n) is 8.42. The Morgan fingerprint density at radius 2 is 1.82 bits per heavy atom. The molecule has 0 fully saturated rings. The Morgan fingerprint density at radius 1 is 1.11 bits per heavy atom. The second kappa shape index (κ2) is 13.4. The molecule has 2 amide bonds. The molecule has 0 radical (unpaired) electrons. The average molecular weight is 633 g/mol. The third-order valence-corrected chi connectivity index (χ3v) is 10.3. The largest absolute Gasteiger partial charge is 0.488 e. The van der Waals surface area contributed by atoms with Gasteiger partial charge in [0.25, 0.3) is 0 Å². The standard InChI is InChI=1S/C34H40N4O6S/c1-23-19-38(24(2)22-39)34(41)18-25-16-27(35-33(40)17-26-20-36(3)30-13-9-8-12-29(26)30)14-15-31(25)44-32(23)21-37(4)45(42,43)28-10-6-5-7-11-28/h5-16,20,23-24,32,39H,17-19,21-22H2,1-4H3,(H,35,40)/t23-,24+,32-/m1/s1. The van der Waals surface area contributed by atoms with Crippen LogP contribution in [0.3, 0.4) is 0 Å². The van der Waals surface area contributed by atoms with Crippen LogP contribution in [-0.4, -0.2) is 78.0 Å². The fourth-order valence-corrected chi connectivity index (χ4v) is 7.00. The van der Waals surface area contributed by atoms with E-state index in [1.54, 1.807) is 60.4 Å². The monoisotopic (exact) mass is 632 g/mol. The van der Waals surface area contributed by atoms with Gasteiger partial charge in [-0.2, -0.15) is 4.31 Å². The van der Waals surface area contributed by atoms with Crippen LogP contribution in [-0.2, 0) is 39.5 Å². The molecule has 3 atom stereocenters. The van der Waals surface area contributed by atoms with Gasteiger partial charge in [-0.1, -0.05) is 43.3 Å². The highest BCUT2D eigenvalue weighted by atomic mass is 32.2. The van der Waals surface area contributed by atoms with Crippen molar-refractivity contribution in [3.8, 4) is 5.75 Å². The van der Waals surface area contributed by atoms with E-state index < -0.39 is 22.2 Å². The highest BCUT2D eigenvalue weighted by Gasteiger charge is 2.33. The van der Waals surface area contributed by atoms with Gasteiger partial charge >= 0.3 is 0 Å². The minimum absolute atomic E-state index is 0.00962. The summed E-state index contributed by atoms with van der Waals surface area (Å²) < 4.78 is 36.4. The summed E-state index contributed by atoms with van der Waals surface area (Å²) in [6.45, 7) is 3.77. The topological polar surface area (TPSA) is 121 Å². The molecule has 45 heavy (non-hydrogen) atoms. The average Bonchev–Trinajstić information content (AvgIpc) is 3.36. The minimum atomic E-state index is -3.79. The van der Waals surface area contributed by atoms with Gasteiger partial charge in [0, 0.05) is 54.9 Å². The summed E-state index contributed by atoms with van der Waals surface area (Å²) >= 11 is 0. The number of aliphatic hydroxyl groups is 1. The van der Waals surface area contributed by atoms with Gasteiger partial charge < -0.3 is 24.6 Å². The molecule has 0 spiro atoms. The molecule has 11 heteroatoms. The van der Waals surface area contributed by atoms with Gasteiger partial charge in [0.15, 0.2) is 0 Å². The van der Waals surface area contributed by atoms with Crippen LogP contribution < -0.4 is 10.1 Å². The highest BCUT2D eigenvalue weighted by molar-refractivity contribution is 7.89. The molecule has 1 aromatic heterocycles. The first-order valence-corrected chi connectivity index (χ1v) is 16.5. The van der Waals surface area contributed by atoms with Gasteiger partial charge in [0.2, 0.25) is 21.8 Å². The second-order valence-electron chi connectivity index (χ2n) is 11.8. The molecule has 0 aliphatic carbocycles. The van der Waals surface area contributed by atoms with Crippen molar-refractivity contribution in [2.75, 3.05) is 32.1 Å². The van der Waals surface area contributed by atoms with Crippen molar-refractivity contribution in [1.29, 1.82) is 0 Å². The lowest BCUT2D eigenvalue weighted by Crippen LogP contribution is -2.48. The number of amides is 2. The Hall–Kier alpha value is -4.19. The number of rotatable bonds is 9. The number of fused-ring (bicyclic) bond motifs is 2. The van der Waals surface area contributed by atoms with E-state index >= 15 is 0 Å². The summed E-state index contributed by atoms with van der Waals surface area (Å²) in [7, 11) is -0.329. The number of anilines is 1. The zero-order valence-corrected chi connectivity index (χ0v) is 26.8. The lowest BCUT2D eigenvalue weighted by molar-refractivity contribution is -0.134. The van der Waals surface area contributed by atoms with E-state index in [1.165, 1.54) is 11.4 Å². The second-order valence-corrected chi connectivity index (χ2v) is 13.9. The predicted molar refractivity (Wildman–Crippen MR) is 173 cm³/mol. The van der Waals surface area contributed by atoms with E-state index in [2.05, 4.69) is 5.32 Å². The van der Waals surface area contributed by atoms with Crippen LogP contribution >= 0.6 is 0 Å². The number of aryl methyl sites for hydroxylation is 1.